The summed E-state index contributed by atoms with van der Waals surface area (Å²) in [7, 11) is 0. The van der Waals surface area contributed by atoms with Crippen molar-refractivity contribution in [3.05, 3.63) is 83.9 Å². The molecule has 0 aliphatic carbocycles. The molecule has 0 bridgehead atoms. The number of benzene rings is 3. The molecule has 0 aromatic heterocycles. The standard InChI is InChI=1S/C23H21F3/c1-22(2,3)18-14-15-19(23(24,25)26)21(17-12-8-5-9-13-17)20(18)16-10-6-4-7-11-16/h4-15H,1-3H3. The summed E-state index contributed by atoms with van der Waals surface area (Å²) in [5, 5.41) is 0. The van der Waals surface area contributed by atoms with Crippen molar-refractivity contribution in [1.29, 1.82) is 0 Å². The van der Waals surface area contributed by atoms with Crippen molar-refractivity contribution in [3.63, 3.8) is 0 Å². The summed E-state index contributed by atoms with van der Waals surface area (Å²) in [5.41, 5.74) is 2.27. The lowest BCUT2D eigenvalue weighted by Gasteiger charge is -2.28. The van der Waals surface area contributed by atoms with Crippen LogP contribution in [0, 0.1) is 0 Å². The minimum absolute atomic E-state index is 0.247. The van der Waals surface area contributed by atoms with E-state index in [9.17, 15) is 13.2 Å². The third-order valence-corrected chi connectivity index (χ3v) is 4.44. The number of rotatable bonds is 2. The predicted octanol–water partition coefficient (Wildman–Crippen LogP) is 7.34. The first-order valence-corrected chi connectivity index (χ1v) is 8.55. The SMILES string of the molecule is CC(C)(C)c1ccc(C(F)(F)F)c(-c2ccccc2)c1-c1ccccc1. The van der Waals surface area contributed by atoms with E-state index in [1.54, 1.807) is 30.3 Å². The molecule has 3 aromatic rings. The summed E-state index contributed by atoms with van der Waals surface area (Å²) in [4.78, 5) is 0. The van der Waals surface area contributed by atoms with Gasteiger partial charge in [-0.1, -0.05) is 87.5 Å². The van der Waals surface area contributed by atoms with Gasteiger partial charge in [-0.2, -0.15) is 13.2 Å². The van der Waals surface area contributed by atoms with E-state index in [0.29, 0.717) is 11.1 Å². The third kappa shape index (κ3) is 3.52. The molecule has 0 aliphatic heterocycles. The Morgan fingerprint density at radius 1 is 0.538 bits per heavy atom. The number of alkyl halides is 3. The molecule has 0 saturated carbocycles. The highest BCUT2D eigenvalue weighted by molar-refractivity contribution is 5.89. The van der Waals surface area contributed by atoms with E-state index in [4.69, 9.17) is 0 Å². The molecule has 134 valence electrons. The Balaban J connectivity index is 2.48. The summed E-state index contributed by atoms with van der Waals surface area (Å²) in [5.74, 6) is 0. The minimum Gasteiger partial charge on any atom is -0.166 e. The van der Waals surface area contributed by atoms with Crippen LogP contribution in [0.5, 0.6) is 0 Å². The quantitative estimate of drug-likeness (QED) is 0.452. The Morgan fingerprint density at radius 3 is 1.31 bits per heavy atom. The van der Waals surface area contributed by atoms with E-state index in [1.807, 2.05) is 57.2 Å². The summed E-state index contributed by atoms with van der Waals surface area (Å²) in [6.07, 6.45) is -4.43. The van der Waals surface area contributed by atoms with Crippen LogP contribution in [0.15, 0.2) is 72.8 Å². The first-order valence-electron chi connectivity index (χ1n) is 8.55. The van der Waals surface area contributed by atoms with E-state index in [-0.39, 0.29) is 11.0 Å². The molecular formula is C23H21F3. The summed E-state index contributed by atoms with van der Waals surface area (Å²) in [6.45, 7) is 6.07. The molecule has 0 nitrogen and oxygen atoms in total. The molecule has 0 saturated heterocycles. The molecule has 0 N–H and O–H groups in total. The third-order valence-electron chi connectivity index (χ3n) is 4.44. The smallest absolute Gasteiger partial charge is 0.166 e. The molecule has 0 unspecified atom stereocenters. The molecule has 3 heteroatoms. The summed E-state index contributed by atoms with van der Waals surface area (Å²) < 4.78 is 41.6. The summed E-state index contributed by atoms with van der Waals surface area (Å²) >= 11 is 0. The second-order valence-corrected chi connectivity index (χ2v) is 7.39. The van der Waals surface area contributed by atoms with Crippen molar-refractivity contribution in [2.75, 3.05) is 0 Å². The molecular weight excluding hydrogens is 333 g/mol. The zero-order chi connectivity index (χ0) is 18.9. The Morgan fingerprint density at radius 2 is 0.923 bits per heavy atom. The van der Waals surface area contributed by atoms with Crippen LogP contribution in [0.25, 0.3) is 22.3 Å². The highest BCUT2D eigenvalue weighted by Gasteiger charge is 2.36. The van der Waals surface area contributed by atoms with Gasteiger partial charge in [0.05, 0.1) is 5.56 Å². The fourth-order valence-electron chi connectivity index (χ4n) is 3.27. The number of halogens is 3. The van der Waals surface area contributed by atoms with Crippen LogP contribution in [0.1, 0.15) is 31.9 Å². The van der Waals surface area contributed by atoms with Crippen LogP contribution >= 0.6 is 0 Å². The van der Waals surface area contributed by atoms with Crippen LogP contribution in [-0.2, 0) is 11.6 Å². The van der Waals surface area contributed by atoms with Gasteiger partial charge < -0.3 is 0 Å². The lowest BCUT2D eigenvalue weighted by molar-refractivity contribution is -0.137. The maximum absolute atomic E-state index is 13.9. The largest absolute Gasteiger partial charge is 0.417 e. The van der Waals surface area contributed by atoms with Gasteiger partial charge in [0.1, 0.15) is 0 Å². The topological polar surface area (TPSA) is 0 Å². The first kappa shape index (κ1) is 18.2. The van der Waals surface area contributed by atoms with Gasteiger partial charge in [0.15, 0.2) is 0 Å². The molecule has 0 atom stereocenters. The lowest BCUT2D eigenvalue weighted by Crippen LogP contribution is -2.16. The Kier molecular flexibility index (Phi) is 4.66. The second-order valence-electron chi connectivity index (χ2n) is 7.39. The molecule has 0 fully saturated rings. The molecule has 26 heavy (non-hydrogen) atoms. The Labute approximate surface area is 152 Å². The molecule has 0 radical (unpaired) electrons. The fourth-order valence-corrected chi connectivity index (χ4v) is 3.27. The van der Waals surface area contributed by atoms with Gasteiger partial charge in [-0.15, -0.1) is 0 Å². The van der Waals surface area contributed by atoms with Crippen LogP contribution < -0.4 is 0 Å². The van der Waals surface area contributed by atoms with Gasteiger partial charge in [0.2, 0.25) is 0 Å². The van der Waals surface area contributed by atoms with Gasteiger partial charge in [-0.25, -0.2) is 0 Å². The van der Waals surface area contributed by atoms with E-state index < -0.39 is 11.7 Å². The zero-order valence-corrected chi connectivity index (χ0v) is 15.1. The van der Waals surface area contributed by atoms with E-state index >= 15 is 0 Å². The monoisotopic (exact) mass is 354 g/mol. The van der Waals surface area contributed by atoms with Crippen LogP contribution in [0.2, 0.25) is 0 Å². The van der Waals surface area contributed by atoms with Crippen molar-refractivity contribution in [2.45, 2.75) is 32.4 Å². The highest BCUT2D eigenvalue weighted by atomic mass is 19.4. The van der Waals surface area contributed by atoms with Crippen molar-refractivity contribution >= 4 is 0 Å². The maximum atomic E-state index is 13.9. The van der Waals surface area contributed by atoms with Gasteiger partial charge in [0, 0.05) is 5.56 Å². The average Bonchev–Trinajstić information content (AvgIpc) is 2.60. The van der Waals surface area contributed by atoms with Crippen LogP contribution in [0.4, 0.5) is 13.2 Å². The zero-order valence-electron chi connectivity index (χ0n) is 15.1. The first-order chi connectivity index (χ1) is 12.2. The molecule has 0 heterocycles. The molecule has 0 spiro atoms. The predicted molar refractivity (Wildman–Crippen MR) is 101 cm³/mol. The van der Waals surface area contributed by atoms with Crippen molar-refractivity contribution < 1.29 is 13.2 Å². The van der Waals surface area contributed by atoms with Gasteiger partial charge in [-0.3, -0.25) is 0 Å². The van der Waals surface area contributed by atoms with Crippen LogP contribution in [-0.4, -0.2) is 0 Å². The maximum Gasteiger partial charge on any atom is 0.417 e. The van der Waals surface area contributed by atoms with Crippen molar-refractivity contribution in [3.8, 4) is 22.3 Å². The Bertz CT molecular complexity index is 810. The van der Waals surface area contributed by atoms with Crippen molar-refractivity contribution in [2.24, 2.45) is 0 Å². The molecule has 0 aliphatic rings. The highest BCUT2D eigenvalue weighted by Crippen LogP contribution is 2.46. The molecule has 3 rings (SSSR count). The van der Waals surface area contributed by atoms with Gasteiger partial charge >= 0.3 is 6.18 Å². The van der Waals surface area contributed by atoms with E-state index in [0.717, 1.165) is 11.1 Å². The Hall–Kier alpha value is -2.55. The number of hydrogen-bond acceptors (Lipinski definition) is 0. The van der Waals surface area contributed by atoms with Crippen molar-refractivity contribution in [1.82, 2.24) is 0 Å². The summed E-state index contributed by atoms with van der Waals surface area (Å²) in [6, 6.07) is 21.0. The van der Waals surface area contributed by atoms with E-state index in [2.05, 4.69) is 0 Å². The molecule has 3 aromatic carbocycles. The second kappa shape index (κ2) is 6.64. The van der Waals surface area contributed by atoms with Crippen LogP contribution in [0.3, 0.4) is 0 Å². The minimum atomic E-state index is -4.43. The van der Waals surface area contributed by atoms with E-state index in [1.165, 1.54) is 6.07 Å². The van der Waals surface area contributed by atoms with Gasteiger partial charge in [0.25, 0.3) is 0 Å². The lowest BCUT2D eigenvalue weighted by atomic mass is 9.77. The average molecular weight is 354 g/mol. The molecule has 0 amide bonds. The normalized spacial score (nSPS) is 12.2. The fraction of sp³-hybridized carbons (Fsp3) is 0.217. The van der Waals surface area contributed by atoms with Gasteiger partial charge in [-0.05, 0) is 33.7 Å². The number of hydrogen-bond donors (Lipinski definition) is 0.